The maximum absolute atomic E-state index is 12.6. The molecule has 21 heavy (non-hydrogen) atoms. The van der Waals surface area contributed by atoms with Crippen LogP contribution >= 0.6 is 0 Å². The first-order valence-corrected chi connectivity index (χ1v) is 6.60. The van der Waals surface area contributed by atoms with Crippen molar-refractivity contribution in [3.8, 4) is 12.3 Å². The van der Waals surface area contributed by atoms with E-state index >= 15 is 0 Å². The van der Waals surface area contributed by atoms with Crippen molar-refractivity contribution in [2.75, 3.05) is 0 Å². The molecule has 1 aliphatic carbocycles. The van der Waals surface area contributed by atoms with Gasteiger partial charge in [0.2, 0.25) is 0 Å². The van der Waals surface area contributed by atoms with Gasteiger partial charge in [-0.3, -0.25) is 4.79 Å². The summed E-state index contributed by atoms with van der Waals surface area (Å²) in [5.41, 5.74) is -1.12. The highest BCUT2D eigenvalue weighted by molar-refractivity contribution is 5.82. The van der Waals surface area contributed by atoms with Gasteiger partial charge >= 0.3 is 5.97 Å². The highest BCUT2D eigenvalue weighted by Gasteiger charge is 2.74. The van der Waals surface area contributed by atoms with Gasteiger partial charge in [-0.05, 0) is 29.5 Å². The summed E-state index contributed by atoms with van der Waals surface area (Å²) >= 11 is 0. The van der Waals surface area contributed by atoms with Crippen LogP contribution in [0.5, 0.6) is 0 Å². The predicted molar refractivity (Wildman–Crippen MR) is 74.6 cm³/mol. The second-order valence-corrected chi connectivity index (χ2v) is 6.01. The lowest BCUT2D eigenvalue weighted by Gasteiger charge is -2.14. The maximum atomic E-state index is 12.6. The molecule has 0 bridgehead atoms. The van der Waals surface area contributed by atoms with Crippen molar-refractivity contribution in [3.63, 3.8) is 0 Å². The topological polar surface area (TPSA) is 42.2 Å². The smallest absolute Gasteiger partial charge is 0.311 e. The lowest BCUT2D eigenvalue weighted by molar-refractivity contribution is -0.145. The Morgan fingerprint density at radius 3 is 2.76 bits per heavy atom. The van der Waals surface area contributed by atoms with E-state index in [1.165, 1.54) is 0 Å². The summed E-state index contributed by atoms with van der Waals surface area (Å²) in [4.78, 5) is 11.7. The third kappa shape index (κ3) is 2.35. The lowest BCUT2D eigenvalue weighted by Crippen LogP contribution is -2.24. The molecule has 5 heteroatoms. The SMILES string of the molecule is C#CCn1ccc(C[C@@]2(C(=O)O)[C@@H](C=C(F)F)C2(C)C)c1. The molecule has 0 aliphatic heterocycles. The first-order chi connectivity index (χ1) is 9.75. The molecule has 2 rings (SSSR count). The van der Waals surface area contributed by atoms with E-state index in [2.05, 4.69) is 5.92 Å². The molecule has 0 spiro atoms. The van der Waals surface area contributed by atoms with E-state index in [0.29, 0.717) is 6.54 Å². The number of aromatic nitrogens is 1. The Bertz CT molecular complexity index is 635. The number of terminal acetylenes is 1. The van der Waals surface area contributed by atoms with E-state index < -0.39 is 28.8 Å². The van der Waals surface area contributed by atoms with Crippen LogP contribution in [0.15, 0.2) is 30.6 Å². The molecule has 1 fully saturated rings. The monoisotopic (exact) mass is 293 g/mol. The normalized spacial score (nSPS) is 26.0. The van der Waals surface area contributed by atoms with Crippen LogP contribution in [0.1, 0.15) is 19.4 Å². The standard InChI is InChI=1S/C16H17F2NO2/c1-4-6-19-7-5-11(10-19)9-16(14(20)21)12(8-13(17)18)15(16,2)3/h1,5,7-8,10,12H,6,9H2,2-3H3,(H,20,21)/t12-,16-/m0/s1. The number of nitrogens with zero attached hydrogens (tertiary/aromatic N) is 1. The van der Waals surface area contributed by atoms with Crippen LogP contribution < -0.4 is 0 Å². The largest absolute Gasteiger partial charge is 0.481 e. The minimum Gasteiger partial charge on any atom is -0.481 e. The molecule has 1 heterocycles. The van der Waals surface area contributed by atoms with Crippen molar-refractivity contribution in [2.45, 2.75) is 26.8 Å². The molecule has 2 atom stereocenters. The summed E-state index contributed by atoms with van der Waals surface area (Å²) in [7, 11) is 0. The van der Waals surface area contributed by atoms with E-state index in [4.69, 9.17) is 6.42 Å². The molecular weight excluding hydrogens is 276 g/mol. The average Bonchev–Trinajstić information content (AvgIpc) is 2.72. The van der Waals surface area contributed by atoms with Crippen LogP contribution in [0.2, 0.25) is 0 Å². The Kier molecular flexibility index (Phi) is 3.66. The molecule has 1 aromatic rings. The van der Waals surface area contributed by atoms with Gasteiger partial charge in [0.15, 0.2) is 0 Å². The predicted octanol–water partition coefficient (Wildman–Crippen LogP) is 3.17. The molecular formula is C16H17F2NO2. The van der Waals surface area contributed by atoms with E-state index in [1.807, 2.05) is 0 Å². The average molecular weight is 293 g/mol. The van der Waals surface area contributed by atoms with Gasteiger partial charge in [-0.15, -0.1) is 6.42 Å². The Hall–Kier alpha value is -2.09. The molecule has 112 valence electrons. The summed E-state index contributed by atoms with van der Waals surface area (Å²) in [6.45, 7) is 3.82. The van der Waals surface area contributed by atoms with Crippen LogP contribution in [0.25, 0.3) is 0 Å². The molecule has 0 saturated heterocycles. The number of carboxylic acids is 1. The fraction of sp³-hybridized carbons (Fsp3) is 0.438. The molecule has 1 N–H and O–H groups in total. The highest BCUT2D eigenvalue weighted by Crippen LogP contribution is 2.71. The van der Waals surface area contributed by atoms with Crippen LogP contribution in [0.3, 0.4) is 0 Å². The zero-order valence-corrected chi connectivity index (χ0v) is 11.9. The fourth-order valence-corrected chi connectivity index (χ4v) is 3.31. The molecule has 0 radical (unpaired) electrons. The quantitative estimate of drug-likeness (QED) is 0.847. The first kappa shape index (κ1) is 15.3. The number of aliphatic carboxylic acids is 1. The van der Waals surface area contributed by atoms with Crippen molar-refractivity contribution in [1.82, 2.24) is 4.57 Å². The van der Waals surface area contributed by atoms with E-state index in [-0.39, 0.29) is 6.42 Å². The maximum Gasteiger partial charge on any atom is 0.311 e. The highest BCUT2D eigenvalue weighted by atomic mass is 19.3. The van der Waals surface area contributed by atoms with E-state index in [9.17, 15) is 18.7 Å². The van der Waals surface area contributed by atoms with Gasteiger partial charge in [0, 0.05) is 18.3 Å². The Balaban J connectivity index is 2.31. The van der Waals surface area contributed by atoms with Crippen molar-refractivity contribution >= 4 is 5.97 Å². The van der Waals surface area contributed by atoms with Crippen molar-refractivity contribution < 1.29 is 18.7 Å². The summed E-state index contributed by atoms with van der Waals surface area (Å²) in [5, 5.41) is 9.58. The van der Waals surface area contributed by atoms with Gasteiger partial charge < -0.3 is 9.67 Å². The lowest BCUT2D eigenvalue weighted by atomic mass is 9.89. The van der Waals surface area contributed by atoms with Crippen molar-refractivity contribution in [1.29, 1.82) is 0 Å². The number of hydrogen-bond donors (Lipinski definition) is 1. The molecule has 0 aromatic carbocycles. The number of rotatable bonds is 5. The van der Waals surface area contributed by atoms with Crippen LogP contribution in [-0.2, 0) is 17.8 Å². The molecule has 1 saturated carbocycles. The van der Waals surface area contributed by atoms with Gasteiger partial charge in [-0.2, -0.15) is 8.78 Å². The number of carbonyl (C=O) groups is 1. The summed E-state index contributed by atoms with van der Waals surface area (Å²) in [6.07, 6.45) is 7.90. The van der Waals surface area contributed by atoms with Crippen molar-refractivity contribution in [3.05, 3.63) is 36.2 Å². The zero-order valence-electron chi connectivity index (χ0n) is 11.9. The van der Waals surface area contributed by atoms with E-state index in [1.54, 1.807) is 36.9 Å². The number of hydrogen-bond acceptors (Lipinski definition) is 1. The number of allylic oxidation sites excluding steroid dienone is 1. The Morgan fingerprint density at radius 2 is 2.24 bits per heavy atom. The minimum absolute atomic E-state index is 0.210. The zero-order chi connectivity index (χ0) is 15.8. The van der Waals surface area contributed by atoms with Crippen LogP contribution in [0.4, 0.5) is 8.78 Å². The third-order valence-electron chi connectivity index (χ3n) is 4.62. The molecule has 1 aliphatic rings. The fourth-order valence-electron chi connectivity index (χ4n) is 3.31. The second kappa shape index (κ2) is 5.03. The Labute approximate surface area is 122 Å². The minimum atomic E-state index is -1.83. The van der Waals surface area contributed by atoms with Gasteiger partial charge in [0.25, 0.3) is 6.08 Å². The molecule has 0 unspecified atom stereocenters. The van der Waals surface area contributed by atoms with Gasteiger partial charge in [-0.25, -0.2) is 0 Å². The van der Waals surface area contributed by atoms with Crippen LogP contribution in [0, 0.1) is 29.1 Å². The third-order valence-corrected chi connectivity index (χ3v) is 4.62. The van der Waals surface area contributed by atoms with Gasteiger partial charge in [0.05, 0.1) is 12.0 Å². The van der Waals surface area contributed by atoms with Gasteiger partial charge in [-0.1, -0.05) is 19.8 Å². The molecule has 3 nitrogen and oxygen atoms in total. The summed E-state index contributed by atoms with van der Waals surface area (Å²) in [6, 6.07) is 1.78. The van der Waals surface area contributed by atoms with Crippen molar-refractivity contribution in [2.24, 2.45) is 16.7 Å². The summed E-state index contributed by atoms with van der Waals surface area (Å²) < 4.78 is 26.9. The Morgan fingerprint density at radius 1 is 1.57 bits per heavy atom. The van der Waals surface area contributed by atoms with Crippen LogP contribution in [-0.4, -0.2) is 15.6 Å². The molecule has 0 amide bonds. The second-order valence-electron chi connectivity index (χ2n) is 6.01. The number of halogens is 2. The number of carboxylic acid groups (broad SMARTS) is 1. The molecule has 1 aromatic heterocycles. The first-order valence-electron chi connectivity index (χ1n) is 6.60. The van der Waals surface area contributed by atoms with E-state index in [0.717, 1.165) is 11.6 Å². The summed E-state index contributed by atoms with van der Waals surface area (Å²) in [5.74, 6) is 0.768. The van der Waals surface area contributed by atoms with Gasteiger partial charge in [0.1, 0.15) is 0 Å².